The van der Waals surface area contributed by atoms with Gasteiger partial charge in [0.05, 0.1) is 0 Å². The molecule has 0 radical (unpaired) electrons. The summed E-state index contributed by atoms with van der Waals surface area (Å²) in [4.78, 5) is 2.38. The summed E-state index contributed by atoms with van der Waals surface area (Å²) in [6.45, 7) is 2.44. The summed E-state index contributed by atoms with van der Waals surface area (Å²) >= 11 is 0. The van der Waals surface area contributed by atoms with E-state index in [0.29, 0.717) is 5.56 Å². The Morgan fingerprint density at radius 2 is 1.72 bits per heavy atom. The Bertz CT molecular complexity index is 411. The number of nitrogens with zero attached hydrogens (tertiary/aromatic N) is 1. The zero-order valence-corrected chi connectivity index (χ0v) is 10.7. The lowest BCUT2D eigenvalue weighted by molar-refractivity contribution is 0.604. The van der Waals surface area contributed by atoms with Crippen LogP contribution in [0.25, 0.3) is 0 Å². The standard InChI is InChI=1S/C15H21FN2/c16-14-2-1-3-15(13(14)8-17)18(9-11-4-5-11)10-12-6-7-12/h1-3,11-12H,4-10,17H2. The molecule has 18 heavy (non-hydrogen) atoms. The third-order valence-electron chi connectivity index (χ3n) is 3.99. The highest BCUT2D eigenvalue weighted by Crippen LogP contribution is 2.36. The Morgan fingerprint density at radius 1 is 1.11 bits per heavy atom. The molecular formula is C15H21FN2. The first-order valence-electron chi connectivity index (χ1n) is 7.00. The lowest BCUT2D eigenvalue weighted by Gasteiger charge is -2.27. The van der Waals surface area contributed by atoms with E-state index in [1.54, 1.807) is 6.07 Å². The van der Waals surface area contributed by atoms with Crippen molar-refractivity contribution in [1.29, 1.82) is 0 Å². The highest BCUT2D eigenvalue weighted by atomic mass is 19.1. The molecule has 3 heteroatoms. The summed E-state index contributed by atoms with van der Waals surface area (Å²) < 4.78 is 13.8. The highest BCUT2D eigenvalue weighted by molar-refractivity contribution is 5.54. The van der Waals surface area contributed by atoms with E-state index in [2.05, 4.69) is 4.90 Å². The van der Waals surface area contributed by atoms with Gasteiger partial charge < -0.3 is 10.6 Å². The molecular weight excluding hydrogens is 227 g/mol. The number of hydrogen-bond acceptors (Lipinski definition) is 2. The number of rotatable bonds is 6. The van der Waals surface area contributed by atoms with Gasteiger partial charge >= 0.3 is 0 Å². The van der Waals surface area contributed by atoms with Crippen LogP contribution in [0.2, 0.25) is 0 Å². The minimum absolute atomic E-state index is 0.161. The minimum Gasteiger partial charge on any atom is -0.371 e. The third kappa shape index (κ3) is 2.66. The molecule has 0 spiro atoms. The molecule has 0 heterocycles. The van der Waals surface area contributed by atoms with Crippen molar-refractivity contribution in [3.05, 3.63) is 29.6 Å². The number of benzene rings is 1. The maximum absolute atomic E-state index is 13.8. The second-order valence-corrected chi connectivity index (χ2v) is 5.73. The van der Waals surface area contributed by atoms with Crippen LogP contribution in [0.5, 0.6) is 0 Å². The molecule has 3 rings (SSSR count). The van der Waals surface area contributed by atoms with Crippen LogP contribution < -0.4 is 10.6 Å². The number of anilines is 1. The smallest absolute Gasteiger partial charge is 0.129 e. The third-order valence-corrected chi connectivity index (χ3v) is 3.99. The zero-order chi connectivity index (χ0) is 12.5. The maximum Gasteiger partial charge on any atom is 0.129 e. The topological polar surface area (TPSA) is 29.3 Å². The molecule has 2 N–H and O–H groups in total. The van der Waals surface area contributed by atoms with Crippen molar-refractivity contribution in [1.82, 2.24) is 0 Å². The summed E-state index contributed by atoms with van der Waals surface area (Å²) in [6.07, 6.45) is 5.31. The van der Waals surface area contributed by atoms with Crippen LogP contribution in [0.4, 0.5) is 10.1 Å². The molecule has 0 amide bonds. The molecule has 0 aliphatic heterocycles. The molecule has 0 unspecified atom stereocenters. The Morgan fingerprint density at radius 3 is 2.22 bits per heavy atom. The number of nitrogens with two attached hydrogens (primary N) is 1. The molecule has 2 saturated carbocycles. The fraction of sp³-hybridized carbons (Fsp3) is 0.600. The first kappa shape index (κ1) is 12.0. The van der Waals surface area contributed by atoms with Gasteiger partial charge in [-0.25, -0.2) is 4.39 Å². The van der Waals surface area contributed by atoms with Crippen molar-refractivity contribution in [3.63, 3.8) is 0 Å². The van der Waals surface area contributed by atoms with Crippen LogP contribution in [0.15, 0.2) is 18.2 Å². The van der Waals surface area contributed by atoms with E-state index >= 15 is 0 Å². The summed E-state index contributed by atoms with van der Waals surface area (Å²) in [5.74, 6) is 1.47. The molecule has 2 fully saturated rings. The summed E-state index contributed by atoms with van der Waals surface area (Å²) in [5, 5.41) is 0. The van der Waals surface area contributed by atoms with Crippen LogP contribution in [-0.4, -0.2) is 13.1 Å². The Labute approximate surface area is 108 Å². The van der Waals surface area contributed by atoms with E-state index in [1.165, 1.54) is 31.7 Å². The van der Waals surface area contributed by atoms with Gasteiger partial charge in [0.25, 0.3) is 0 Å². The lowest BCUT2D eigenvalue weighted by atomic mass is 10.1. The fourth-order valence-corrected chi connectivity index (χ4v) is 2.54. The van der Waals surface area contributed by atoms with Gasteiger partial charge in [0.15, 0.2) is 0 Å². The first-order valence-corrected chi connectivity index (χ1v) is 7.00. The van der Waals surface area contributed by atoms with Gasteiger partial charge in [-0.3, -0.25) is 0 Å². The zero-order valence-electron chi connectivity index (χ0n) is 10.7. The van der Waals surface area contributed by atoms with Gasteiger partial charge in [-0.1, -0.05) is 6.07 Å². The van der Waals surface area contributed by atoms with Crippen molar-refractivity contribution < 1.29 is 4.39 Å². The second-order valence-electron chi connectivity index (χ2n) is 5.73. The Hall–Kier alpha value is -1.09. The van der Waals surface area contributed by atoms with Crippen molar-refractivity contribution in [2.75, 3.05) is 18.0 Å². The Balaban J connectivity index is 1.84. The molecule has 2 aliphatic rings. The van der Waals surface area contributed by atoms with E-state index in [-0.39, 0.29) is 12.4 Å². The average Bonchev–Trinajstić information content (AvgIpc) is 3.22. The summed E-state index contributed by atoms with van der Waals surface area (Å²) in [7, 11) is 0. The van der Waals surface area contributed by atoms with Gasteiger partial charge in [0.1, 0.15) is 5.82 Å². The molecule has 0 atom stereocenters. The van der Waals surface area contributed by atoms with Crippen molar-refractivity contribution in [3.8, 4) is 0 Å². The van der Waals surface area contributed by atoms with E-state index in [0.717, 1.165) is 30.6 Å². The maximum atomic E-state index is 13.8. The SMILES string of the molecule is NCc1c(F)cccc1N(CC1CC1)CC1CC1. The van der Waals surface area contributed by atoms with Gasteiger partial charge in [-0.2, -0.15) is 0 Å². The van der Waals surface area contributed by atoms with Crippen LogP contribution in [0.1, 0.15) is 31.2 Å². The fourth-order valence-electron chi connectivity index (χ4n) is 2.54. The Kier molecular flexibility index (Phi) is 3.25. The summed E-state index contributed by atoms with van der Waals surface area (Å²) in [6, 6.07) is 5.34. The van der Waals surface area contributed by atoms with Gasteiger partial charge in [0.2, 0.25) is 0 Å². The molecule has 2 nitrogen and oxygen atoms in total. The van der Waals surface area contributed by atoms with Crippen molar-refractivity contribution in [2.45, 2.75) is 32.2 Å². The quantitative estimate of drug-likeness (QED) is 0.838. The lowest BCUT2D eigenvalue weighted by Crippen LogP contribution is -2.29. The monoisotopic (exact) mass is 248 g/mol. The molecule has 2 aliphatic carbocycles. The van der Waals surface area contributed by atoms with Gasteiger partial charge in [-0.05, 0) is 49.7 Å². The van der Waals surface area contributed by atoms with E-state index < -0.39 is 0 Å². The van der Waals surface area contributed by atoms with Gasteiger partial charge in [-0.15, -0.1) is 0 Å². The number of hydrogen-bond donors (Lipinski definition) is 1. The van der Waals surface area contributed by atoms with E-state index in [1.807, 2.05) is 6.07 Å². The second kappa shape index (κ2) is 4.88. The van der Waals surface area contributed by atoms with Crippen molar-refractivity contribution >= 4 is 5.69 Å². The molecule has 1 aromatic carbocycles. The van der Waals surface area contributed by atoms with Gasteiger partial charge in [0, 0.05) is 30.9 Å². The molecule has 0 aromatic heterocycles. The highest BCUT2D eigenvalue weighted by Gasteiger charge is 2.30. The summed E-state index contributed by atoms with van der Waals surface area (Å²) in [5.41, 5.74) is 7.42. The largest absolute Gasteiger partial charge is 0.371 e. The minimum atomic E-state index is -0.161. The van der Waals surface area contributed by atoms with Crippen LogP contribution in [-0.2, 0) is 6.54 Å². The molecule has 1 aromatic rings. The van der Waals surface area contributed by atoms with Crippen molar-refractivity contribution in [2.24, 2.45) is 17.6 Å². The van der Waals surface area contributed by atoms with E-state index in [4.69, 9.17) is 5.73 Å². The first-order chi connectivity index (χ1) is 8.78. The predicted molar refractivity (Wildman–Crippen MR) is 72.0 cm³/mol. The van der Waals surface area contributed by atoms with E-state index in [9.17, 15) is 4.39 Å². The number of halogens is 1. The molecule has 98 valence electrons. The normalized spacial score (nSPS) is 19.0. The molecule has 0 saturated heterocycles. The molecule has 0 bridgehead atoms. The van der Waals surface area contributed by atoms with Crippen LogP contribution in [0.3, 0.4) is 0 Å². The van der Waals surface area contributed by atoms with Crippen LogP contribution >= 0.6 is 0 Å². The average molecular weight is 248 g/mol. The van der Waals surface area contributed by atoms with Crippen LogP contribution in [0, 0.1) is 17.7 Å². The predicted octanol–water partition coefficient (Wildman–Crippen LogP) is 2.91.